The summed E-state index contributed by atoms with van der Waals surface area (Å²) in [5.41, 5.74) is 1.74. The molecular formula is C26H31N3O4. The molecule has 0 saturated heterocycles. The van der Waals surface area contributed by atoms with Crippen LogP contribution < -0.4 is 25.4 Å². The van der Waals surface area contributed by atoms with Gasteiger partial charge in [-0.2, -0.15) is 0 Å². The molecule has 0 aromatic heterocycles. The SMILES string of the molecule is COc1ccc(OC)c(CNC(=O)[C@H]2C[C@H]3CC[C@@]2(C)C[C@]32NC(=O)c3ccccc3N2)c1. The quantitative estimate of drug-likeness (QED) is 0.648. The molecule has 3 aliphatic carbocycles. The first kappa shape index (κ1) is 21.6. The maximum Gasteiger partial charge on any atom is 0.255 e. The molecule has 33 heavy (non-hydrogen) atoms. The topological polar surface area (TPSA) is 88.7 Å². The minimum absolute atomic E-state index is 0.0355. The van der Waals surface area contributed by atoms with Gasteiger partial charge in [0.25, 0.3) is 5.91 Å². The highest BCUT2D eigenvalue weighted by Crippen LogP contribution is 2.58. The summed E-state index contributed by atoms with van der Waals surface area (Å²) in [6, 6.07) is 13.2. The maximum absolute atomic E-state index is 13.4. The van der Waals surface area contributed by atoms with Crippen LogP contribution in [0.2, 0.25) is 0 Å². The number of carbonyl (C=O) groups is 2. The van der Waals surface area contributed by atoms with E-state index >= 15 is 0 Å². The van der Waals surface area contributed by atoms with E-state index in [9.17, 15) is 9.59 Å². The van der Waals surface area contributed by atoms with E-state index in [1.54, 1.807) is 14.2 Å². The van der Waals surface area contributed by atoms with Crippen LogP contribution in [0.4, 0.5) is 5.69 Å². The second-order valence-electron chi connectivity index (χ2n) is 9.85. The number of carbonyl (C=O) groups excluding carboxylic acids is 2. The summed E-state index contributed by atoms with van der Waals surface area (Å²) in [7, 11) is 3.24. The summed E-state index contributed by atoms with van der Waals surface area (Å²) in [4.78, 5) is 26.2. The Morgan fingerprint density at radius 1 is 1.15 bits per heavy atom. The Kier molecular flexibility index (Phi) is 5.22. The number of nitrogens with one attached hydrogen (secondary N) is 3. The molecule has 1 spiro atoms. The summed E-state index contributed by atoms with van der Waals surface area (Å²) in [6.45, 7) is 2.57. The van der Waals surface area contributed by atoms with Gasteiger partial charge in [-0.15, -0.1) is 0 Å². The number of rotatable bonds is 5. The maximum atomic E-state index is 13.4. The van der Waals surface area contributed by atoms with Crippen molar-refractivity contribution in [3.8, 4) is 11.5 Å². The number of hydrogen-bond acceptors (Lipinski definition) is 5. The zero-order valence-corrected chi connectivity index (χ0v) is 19.4. The lowest BCUT2D eigenvalue weighted by Gasteiger charge is -2.60. The molecule has 2 bridgehead atoms. The number of anilines is 1. The van der Waals surface area contributed by atoms with Gasteiger partial charge in [0.05, 0.1) is 19.8 Å². The highest BCUT2D eigenvalue weighted by molar-refractivity contribution is 6.02. The largest absolute Gasteiger partial charge is 0.497 e. The average molecular weight is 450 g/mol. The molecule has 2 aromatic carbocycles. The third-order valence-electron chi connectivity index (χ3n) is 7.93. The fraction of sp³-hybridized carbons (Fsp3) is 0.462. The van der Waals surface area contributed by atoms with Gasteiger partial charge >= 0.3 is 0 Å². The molecule has 2 aromatic rings. The van der Waals surface area contributed by atoms with Crippen molar-refractivity contribution in [2.45, 2.75) is 44.8 Å². The van der Waals surface area contributed by atoms with Crippen LogP contribution in [0.15, 0.2) is 42.5 Å². The van der Waals surface area contributed by atoms with Gasteiger partial charge in [0.2, 0.25) is 5.91 Å². The van der Waals surface area contributed by atoms with Gasteiger partial charge in [0.1, 0.15) is 17.2 Å². The van der Waals surface area contributed by atoms with Crippen molar-refractivity contribution in [3.63, 3.8) is 0 Å². The number of para-hydroxylation sites is 1. The second kappa shape index (κ2) is 7.97. The first-order valence-corrected chi connectivity index (χ1v) is 11.6. The third kappa shape index (κ3) is 3.59. The van der Waals surface area contributed by atoms with Crippen LogP contribution in [-0.4, -0.2) is 31.7 Å². The minimum atomic E-state index is -0.495. The van der Waals surface area contributed by atoms with Crippen molar-refractivity contribution < 1.29 is 19.1 Å². The van der Waals surface area contributed by atoms with E-state index in [0.29, 0.717) is 12.1 Å². The zero-order chi connectivity index (χ0) is 23.2. The van der Waals surface area contributed by atoms with E-state index in [-0.39, 0.29) is 29.1 Å². The molecule has 0 unspecified atom stereocenters. The molecule has 3 N–H and O–H groups in total. The van der Waals surface area contributed by atoms with Gasteiger partial charge in [-0.1, -0.05) is 19.1 Å². The van der Waals surface area contributed by atoms with Crippen LogP contribution in [0.5, 0.6) is 11.5 Å². The van der Waals surface area contributed by atoms with Crippen LogP contribution >= 0.6 is 0 Å². The lowest BCUT2D eigenvalue weighted by atomic mass is 9.51. The molecule has 2 amide bonds. The zero-order valence-electron chi connectivity index (χ0n) is 19.4. The van der Waals surface area contributed by atoms with Crippen LogP contribution in [-0.2, 0) is 11.3 Å². The molecule has 7 heteroatoms. The molecule has 6 rings (SSSR count). The van der Waals surface area contributed by atoms with Crippen molar-refractivity contribution in [2.75, 3.05) is 19.5 Å². The van der Waals surface area contributed by atoms with Gasteiger partial charge in [-0.05, 0) is 61.4 Å². The molecule has 4 aliphatic rings. The van der Waals surface area contributed by atoms with Crippen LogP contribution in [0, 0.1) is 17.3 Å². The summed E-state index contributed by atoms with van der Waals surface area (Å²) >= 11 is 0. The number of amides is 2. The molecule has 1 heterocycles. The number of benzene rings is 2. The minimum Gasteiger partial charge on any atom is -0.497 e. The highest BCUT2D eigenvalue weighted by atomic mass is 16.5. The molecule has 7 nitrogen and oxygen atoms in total. The van der Waals surface area contributed by atoms with Crippen molar-refractivity contribution in [3.05, 3.63) is 53.6 Å². The average Bonchev–Trinajstić information content (AvgIpc) is 2.82. The van der Waals surface area contributed by atoms with Crippen molar-refractivity contribution in [1.82, 2.24) is 10.6 Å². The first-order valence-electron chi connectivity index (χ1n) is 11.6. The van der Waals surface area contributed by atoms with E-state index in [1.165, 1.54) is 0 Å². The third-order valence-corrected chi connectivity index (χ3v) is 7.93. The smallest absolute Gasteiger partial charge is 0.255 e. The normalized spacial score (nSPS) is 29.6. The summed E-state index contributed by atoms with van der Waals surface area (Å²) in [5.74, 6) is 1.56. The Bertz CT molecular complexity index is 1100. The molecular weight excluding hydrogens is 418 g/mol. The number of ether oxygens (including phenoxy) is 2. The van der Waals surface area contributed by atoms with Crippen LogP contribution in [0.1, 0.15) is 48.5 Å². The molecule has 0 radical (unpaired) electrons. The number of hydrogen-bond donors (Lipinski definition) is 3. The predicted molar refractivity (Wildman–Crippen MR) is 125 cm³/mol. The monoisotopic (exact) mass is 449 g/mol. The van der Waals surface area contributed by atoms with Gasteiger partial charge in [-0.25, -0.2) is 0 Å². The van der Waals surface area contributed by atoms with Crippen LogP contribution in [0.3, 0.4) is 0 Å². The van der Waals surface area contributed by atoms with E-state index in [1.807, 2.05) is 42.5 Å². The number of methoxy groups -OCH3 is 2. The van der Waals surface area contributed by atoms with E-state index < -0.39 is 5.66 Å². The Morgan fingerprint density at radius 2 is 1.97 bits per heavy atom. The first-order chi connectivity index (χ1) is 15.9. The fourth-order valence-corrected chi connectivity index (χ4v) is 6.18. The predicted octanol–water partition coefficient (Wildman–Crippen LogP) is 3.70. The highest BCUT2D eigenvalue weighted by Gasteiger charge is 2.60. The lowest BCUT2D eigenvalue weighted by molar-refractivity contribution is -0.139. The summed E-state index contributed by atoms with van der Waals surface area (Å²) in [6.07, 6.45) is 3.43. The standard InChI is InChI=1S/C26H31N3O4/c1-25-11-10-17(26(15-25)28-21-7-5-4-6-19(21)23(30)29-26)13-20(25)24(31)27-14-16-12-18(32-2)8-9-22(16)33-3/h4-9,12,17,20,28H,10-11,13-15H2,1-3H3,(H,27,31)(H,29,30)/t17-,20-,25+,26+/m1/s1. The molecule has 3 fully saturated rings. The molecule has 174 valence electrons. The van der Waals surface area contributed by atoms with Crippen molar-refractivity contribution in [1.29, 1.82) is 0 Å². The van der Waals surface area contributed by atoms with Gasteiger partial charge in [0.15, 0.2) is 0 Å². The van der Waals surface area contributed by atoms with E-state index in [0.717, 1.165) is 48.4 Å². The Balaban J connectivity index is 1.33. The van der Waals surface area contributed by atoms with Gasteiger partial charge in [0, 0.05) is 29.6 Å². The van der Waals surface area contributed by atoms with E-state index in [4.69, 9.17) is 9.47 Å². The molecule has 3 saturated carbocycles. The summed E-state index contributed by atoms with van der Waals surface area (Å²) in [5, 5.41) is 10.1. The van der Waals surface area contributed by atoms with Gasteiger partial charge in [-0.3, -0.25) is 9.59 Å². The lowest BCUT2D eigenvalue weighted by Crippen LogP contribution is -2.70. The van der Waals surface area contributed by atoms with Crippen molar-refractivity contribution in [2.24, 2.45) is 17.3 Å². The fourth-order valence-electron chi connectivity index (χ4n) is 6.18. The second-order valence-corrected chi connectivity index (χ2v) is 9.85. The van der Waals surface area contributed by atoms with Crippen molar-refractivity contribution >= 4 is 17.5 Å². The Morgan fingerprint density at radius 3 is 2.73 bits per heavy atom. The molecule has 1 aliphatic heterocycles. The Hall–Kier alpha value is -3.22. The van der Waals surface area contributed by atoms with Crippen LogP contribution in [0.25, 0.3) is 0 Å². The van der Waals surface area contributed by atoms with Gasteiger partial charge < -0.3 is 25.4 Å². The summed E-state index contributed by atoms with van der Waals surface area (Å²) < 4.78 is 10.8. The van der Waals surface area contributed by atoms with E-state index in [2.05, 4.69) is 22.9 Å². The number of fused-ring (bicyclic) bond motifs is 3. The molecule has 4 atom stereocenters. The Labute approximate surface area is 194 Å².